The maximum absolute atomic E-state index is 13.6. The van der Waals surface area contributed by atoms with Crippen LogP contribution in [0.2, 0.25) is 0 Å². The molecule has 1 fully saturated rings. The molecule has 3 aromatic rings. The van der Waals surface area contributed by atoms with Crippen LogP contribution in [0, 0.1) is 6.92 Å². The zero-order chi connectivity index (χ0) is 19.9. The molecule has 1 aromatic carbocycles. The minimum absolute atomic E-state index is 0.0693. The molecular weight excluding hydrogens is 369 g/mol. The largest absolute Gasteiger partial charge is 0.417 e. The summed E-state index contributed by atoms with van der Waals surface area (Å²) in [5, 5.41) is 4.56. The molecule has 1 aliphatic rings. The van der Waals surface area contributed by atoms with E-state index in [4.69, 9.17) is 4.74 Å². The summed E-state index contributed by atoms with van der Waals surface area (Å²) < 4.78 is 47.9. The Morgan fingerprint density at radius 1 is 1.14 bits per heavy atom. The fourth-order valence-electron chi connectivity index (χ4n) is 3.68. The van der Waals surface area contributed by atoms with E-state index in [2.05, 4.69) is 15.0 Å². The maximum Gasteiger partial charge on any atom is 0.417 e. The van der Waals surface area contributed by atoms with Gasteiger partial charge < -0.3 is 9.64 Å². The number of halogens is 3. The van der Waals surface area contributed by atoms with Crippen LogP contribution in [0.3, 0.4) is 0 Å². The highest BCUT2D eigenvalue weighted by molar-refractivity contribution is 5.76. The number of alkyl halides is 3. The Bertz CT molecular complexity index is 1010. The molecule has 148 valence electrons. The van der Waals surface area contributed by atoms with Crippen molar-refractivity contribution in [2.24, 2.45) is 0 Å². The zero-order valence-corrected chi connectivity index (χ0v) is 15.8. The van der Waals surface area contributed by atoms with E-state index in [0.29, 0.717) is 38.4 Å². The van der Waals surface area contributed by atoms with Crippen LogP contribution in [0.1, 0.15) is 23.9 Å². The number of ether oxygens (including phenoxy) is 1. The predicted molar refractivity (Wildman–Crippen MR) is 101 cm³/mol. The Balaban J connectivity index is 1.98. The number of aryl methyl sites for hydroxylation is 2. The summed E-state index contributed by atoms with van der Waals surface area (Å²) in [5.41, 5.74) is 2.86. The van der Waals surface area contributed by atoms with Crippen LogP contribution in [0.5, 0.6) is 0 Å². The van der Waals surface area contributed by atoms with E-state index >= 15 is 0 Å². The third kappa shape index (κ3) is 3.22. The normalized spacial score (nSPS) is 15.4. The van der Waals surface area contributed by atoms with Gasteiger partial charge in [-0.1, -0.05) is 25.1 Å². The summed E-state index contributed by atoms with van der Waals surface area (Å²) in [7, 11) is 0. The lowest BCUT2D eigenvalue weighted by Crippen LogP contribution is -2.36. The van der Waals surface area contributed by atoms with Crippen LogP contribution >= 0.6 is 0 Å². The summed E-state index contributed by atoms with van der Waals surface area (Å²) in [4.78, 5) is 6.76. The van der Waals surface area contributed by atoms with Crippen molar-refractivity contribution in [2.45, 2.75) is 26.4 Å². The molecule has 1 aliphatic heterocycles. The third-order valence-corrected chi connectivity index (χ3v) is 5.05. The first kappa shape index (κ1) is 18.7. The molecule has 0 radical (unpaired) electrons. The molecule has 0 N–H and O–H groups in total. The second kappa shape index (κ2) is 7.09. The minimum atomic E-state index is -4.45. The number of morpholine rings is 1. The molecule has 0 amide bonds. The molecule has 2 aromatic heterocycles. The molecule has 1 saturated heterocycles. The van der Waals surface area contributed by atoms with Crippen molar-refractivity contribution in [3.8, 4) is 11.3 Å². The first-order chi connectivity index (χ1) is 13.4. The standard InChI is InChI=1S/C20H21F3N4O/c1-3-17-13(2)24-19-18(26-8-10-28-11-9-26)12-16(25-27(17)19)14-6-4-5-7-15(14)20(21,22)23/h4-7,12H,3,8-11H2,1-2H3. The Morgan fingerprint density at radius 2 is 1.86 bits per heavy atom. The van der Waals surface area contributed by atoms with Crippen LogP contribution in [0.25, 0.3) is 16.9 Å². The van der Waals surface area contributed by atoms with Gasteiger partial charge in [-0.2, -0.15) is 18.3 Å². The number of imidazole rings is 1. The highest BCUT2D eigenvalue weighted by Gasteiger charge is 2.34. The van der Waals surface area contributed by atoms with Crippen molar-refractivity contribution in [3.05, 3.63) is 47.3 Å². The summed E-state index contributed by atoms with van der Waals surface area (Å²) in [6.07, 6.45) is -3.77. The van der Waals surface area contributed by atoms with E-state index in [-0.39, 0.29) is 11.3 Å². The summed E-state index contributed by atoms with van der Waals surface area (Å²) in [6.45, 7) is 6.36. The maximum atomic E-state index is 13.6. The Hall–Kier alpha value is -2.61. The SMILES string of the molecule is CCc1c(C)nc2c(N3CCOCC3)cc(-c3ccccc3C(F)(F)F)nn12. The molecule has 0 unspecified atom stereocenters. The Kier molecular flexibility index (Phi) is 4.74. The monoisotopic (exact) mass is 390 g/mol. The van der Waals surface area contributed by atoms with Crippen LogP contribution in [0.15, 0.2) is 30.3 Å². The van der Waals surface area contributed by atoms with Crippen molar-refractivity contribution in [1.29, 1.82) is 0 Å². The number of benzene rings is 1. The number of nitrogens with zero attached hydrogens (tertiary/aromatic N) is 4. The zero-order valence-electron chi connectivity index (χ0n) is 15.8. The molecule has 0 aliphatic carbocycles. The average Bonchev–Trinajstić information content (AvgIpc) is 3.02. The summed E-state index contributed by atoms with van der Waals surface area (Å²) in [6, 6.07) is 7.28. The van der Waals surface area contributed by atoms with Gasteiger partial charge in [0.2, 0.25) is 0 Å². The molecule has 8 heteroatoms. The van der Waals surface area contributed by atoms with E-state index in [1.165, 1.54) is 12.1 Å². The van der Waals surface area contributed by atoms with Crippen LogP contribution < -0.4 is 4.90 Å². The van der Waals surface area contributed by atoms with Gasteiger partial charge in [-0.15, -0.1) is 0 Å². The second-order valence-electron chi connectivity index (χ2n) is 6.79. The molecule has 3 heterocycles. The quantitative estimate of drug-likeness (QED) is 0.675. The van der Waals surface area contributed by atoms with Crippen LogP contribution in [-0.2, 0) is 17.3 Å². The van der Waals surface area contributed by atoms with Gasteiger partial charge in [-0.05, 0) is 25.5 Å². The van der Waals surface area contributed by atoms with E-state index in [9.17, 15) is 13.2 Å². The smallest absolute Gasteiger partial charge is 0.378 e. The van der Waals surface area contributed by atoms with Crippen molar-refractivity contribution in [3.63, 3.8) is 0 Å². The fourth-order valence-corrected chi connectivity index (χ4v) is 3.68. The second-order valence-corrected chi connectivity index (χ2v) is 6.79. The van der Waals surface area contributed by atoms with E-state index in [1.54, 1.807) is 16.6 Å². The minimum Gasteiger partial charge on any atom is -0.378 e. The molecule has 0 atom stereocenters. The first-order valence-electron chi connectivity index (χ1n) is 9.28. The van der Waals surface area contributed by atoms with Gasteiger partial charge in [-0.25, -0.2) is 9.50 Å². The van der Waals surface area contributed by atoms with E-state index in [0.717, 1.165) is 23.1 Å². The summed E-state index contributed by atoms with van der Waals surface area (Å²) >= 11 is 0. The Labute approximate surface area is 160 Å². The number of aromatic nitrogens is 3. The van der Waals surface area contributed by atoms with Gasteiger partial charge in [0.25, 0.3) is 0 Å². The lowest BCUT2D eigenvalue weighted by Gasteiger charge is -2.29. The van der Waals surface area contributed by atoms with Gasteiger partial charge in [0, 0.05) is 18.7 Å². The van der Waals surface area contributed by atoms with Gasteiger partial charge >= 0.3 is 6.18 Å². The molecule has 28 heavy (non-hydrogen) atoms. The van der Waals surface area contributed by atoms with Crippen LogP contribution in [-0.4, -0.2) is 40.9 Å². The molecule has 4 rings (SSSR count). The molecule has 0 saturated carbocycles. The van der Waals surface area contributed by atoms with Crippen molar-refractivity contribution in [2.75, 3.05) is 31.2 Å². The lowest BCUT2D eigenvalue weighted by atomic mass is 10.0. The van der Waals surface area contributed by atoms with Gasteiger partial charge in [0.1, 0.15) is 0 Å². The first-order valence-corrected chi connectivity index (χ1v) is 9.28. The highest BCUT2D eigenvalue weighted by atomic mass is 19.4. The number of rotatable bonds is 3. The molecule has 0 spiro atoms. The Morgan fingerprint density at radius 3 is 2.54 bits per heavy atom. The lowest BCUT2D eigenvalue weighted by molar-refractivity contribution is -0.137. The molecule has 5 nitrogen and oxygen atoms in total. The fraction of sp³-hybridized carbons (Fsp3) is 0.400. The van der Waals surface area contributed by atoms with E-state index < -0.39 is 11.7 Å². The third-order valence-electron chi connectivity index (χ3n) is 5.05. The average molecular weight is 390 g/mol. The van der Waals surface area contributed by atoms with Gasteiger partial charge in [-0.3, -0.25) is 0 Å². The number of anilines is 1. The highest BCUT2D eigenvalue weighted by Crippen LogP contribution is 2.38. The van der Waals surface area contributed by atoms with E-state index in [1.807, 2.05) is 13.8 Å². The van der Waals surface area contributed by atoms with Crippen molar-refractivity contribution >= 4 is 11.3 Å². The van der Waals surface area contributed by atoms with Crippen LogP contribution in [0.4, 0.5) is 18.9 Å². The topological polar surface area (TPSA) is 42.7 Å². The number of hydrogen-bond acceptors (Lipinski definition) is 4. The predicted octanol–water partition coefficient (Wildman–Crippen LogP) is 4.12. The van der Waals surface area contributed by atoms with Gasteiger partial charge in [0.15, 0.2) is 5.65 Å². The van der Waals surface area contributed by atoms with Crippen molar-refractivity contribution < 1.29 is 17.9 Å². The van der Waals surface area contributed by atoms with Gasteiger partial charge in [0.05, 0.1) is 41.5 Å². The molecular formula is C20H21F3N4O. The van der Waals surface area contributed by atoms with Crippen molar-refractivity contribution in [1.82, 2.24) is 14.6 Å². The number of hydrogen-bond donors (Lipinski definition) is 0. The molecule has 0 bridgehead atoms. The number of fused-ring (bicyclic) bond motifs is 1. The summed E-state index contributed by atoms with van der Waals surface area (Å²) in [5.74, 6) is 0.